The minimum Gasteiger partial charge on any atom is -0.692 e. The highest BCUT2D eigenvalue weighted by molar-refractivity contribution is 5.74. The number of benzene rings is 1. The Labute approximate surface area is 103 Å². The van der Waals surface area contributed by atoms with Gasteiger partial charge < -0.3 is 5.21 Å². The zero-order valence-electron chi connectivity index (χ0n) is 9.58. The molecule has 1 aromatic carbocycles. The van der Waals surface area contributed by atoms with Crippen molar-refractivity contribution in [3.8, 4) is 11.3 Å². The lowest BCUT2D eigenvalue weighted by atomic mass is 9.89. The molecule has 18 heavy (non-hydrogen) atoms. The van der Waals surface area contributed by atoms with E-state index in [1.165, 1.54) is 22.7 Å². The summed E-state index contributed by atoms with van der Waals surface area (Å²) in [6.07, 6.45) is 4.66. The molecule has 0 saturated carbocycles. The van der Waals surface area contributed by atoms with Gasteiger partial charge in [0.05, 0.1) is 11.3 Å². The number of fused-ring (bicyclic) bond motifs is 5. The van der Waals surface area contributed by atoms with Crippen molar-refractivity contribution in [2.24, 2.45) is 0 Å². The predicted octanol–water partition coefficient (Wildman–Crippen LogP) is 1.13. The topological polar surface area (TPSA) is 57.1 Å². The van der Waals surface area contributed by atoms with Crippen LogP contribution in [-0.4, -0.2) is 14.5 Å². The van der Waals surface area contributed by atoms with Crippen LogP contribution in [-0.2, 0) is 12.8 Å². The van der Waals surface area contributed by atoms with Crippen molar-refractivity contribution < 1.29 is 4.85 Å². The SMILES string of the molecule is [O-][n+]1cnc2c3c(ncn21)-c1ccccc1CC3. The highest BCUT2D eigenvalue weighted by atomic mass is 16.5. The third kappa shape index (κ3) is 1.13. The zero-order chi connectivity index (χ0) is 12.1. The van der Waals surface area contributed by atoms with Crippen molar-refractivity contribution in [2.75, 3.05) is 0 Å². The Kier molecular flexibility index (Phi) is 1.75. The summed E-state index contributed by atoms with van der Waals surface area (Å²) in [7, 11) is 0. The molecule has 88 valence electrons. The number of hydrogen-bond donors (Lipinski definition) is 0. The molecule has 1 aliphatic carbocycles. The molecule has 0 amide bonds. The lowest BCUT2D eigenvalue weighted by Gasteiger charge is -2.17. The maximum Gasteiger partial charge on any atom is 0.311 e. The van der Waals surface area contributed by atoms with Gasteiger partial charge in [-0.3, -0.25) is 0 Å². The number of aromatic nitrogens is 4. The van der Waals surface area contributed by atoms with Crippen LogP contribution in [0.2, 0.25) is 0 Å². The van der Waals surface area contributed by atoms with E-state index >= 15 is 0 Å². The summed E-state index contributed by atoms with van der Waals surface area (Å²) in [4.78, 5) is 9.30. The molecule has 0 bridgehead atoms. The molecule has 0 atom stereocenters. The normalized spacial score (nSPS) is 13.3. The molecule has 2 heterocycles. The summed E-state index contributed by atoms with van der Waals surface area (Å²) < 4.78 is 1.44. The van der Waals surface area contributed by atoms with Crippen LogP contribution < -0.4 is 4.85 Å². The molecule has 5 heteroatoms. The smallest absolute Gasteiger partial charge is 0.311 e. The van der Waals surface area contributed by atoms with E-state index in [9.17, 15) is 5.21 Å². The molecule has 0 spiro atoms. The van der Waals surface area contributed by atoms with Crippen LogP contribution in [0.1, 0.15) is 11.1 Å². The number of nitrogens with zero attached hydrogens (tertiary/aromatic N) is 4. The van der Waals surface area contributed by atoms with Gasteiger partial charge in [-0.15, -0.1) is 9.36 Å². The maximum atomic E-state index is 11.5. The van der Waals surface area contributed by atoms with E-state index in [4.69, 9.17) is 0 Å². The Hall–Kier alpha value is -2.43. The number of aryl methyl sites for hydroxylation is 2. The summed E-state index contributed by atoms with van der Waals surface area (Å²) in [5.74, 6) is 0. The second-order valence-electron chi connectivity index (χ2n) is 4.44. The van der Waals surface area contributed by atoms with Crippen molar-refractivity contribution in [2.45, 2.75) is 12.8 Å². The molecular weight excluding hydrogens is 228 g/mol. The van der Waals surface area contributed by atoms with Crippen LogP contribution in [0.3, 0.4) is 0 Å². The first-order valence-corrected chi connectivity index (χ1v) is 5.87. The Morgan fingerprint density at radius 2 is 2.06 bits per heavy atom. The third-order valence-corrected chi connectivity index (χ3v) is 3.48. The zero-order valence-corrected chi connectivity index (χ0v) is 9.58. The largest absolute Gasteiger partial charge is 0.692 e. The van der Waals surface area contributed by atoms with E-state index in [1.807, 2.05) is 12.1 Å². The lowest BCUT2D eigenvalue weighted by molar-refractivity contribution is -0.678. The minimum absolute atomic E-state index is 0.698. The molecule has 1 aliphatic rings. The van der Waals surface area contributed by atoms with Gasteiger partial charge in [-0.25, -0.2) is 4.98 Å². The van der Waals surface area contributed by atoms with E-state index < -0.39 is 0 Å². The standard InChI is InChI=1S/C13H10N4O/c18-17-8-15-13-11-6-5-9-3-1-2-4-10(9)12(11)14-7-16(13)17/h1-4,7-8H,5-6H2. The predicted molar refractivity (Wildman–Crippen MR) is 64.8 cm³/mol. The minimum atomic E-state index is 0.698. The molecule has 0 radical (unpaired) electrons. The van der Waals surface area contributed by atoms with E-state index in [0.717, 1.165) is 29.7 Å². The molecule has 0 aliphatic heterocycles. The first-order chi connectivity index (χ1) is 8.84. The Morgan fingerprint density at radius 1 is 1.17 bits per heavy atom. The maximum absolute atomic E-state index is 11.5. The van der Waals surface area contributed by atoms with Gasteiger partial charge in [-0.1, -0.05) is 24.3 Å². The molecular formula is C13H10N4O. The molecule has 5 nitrogen and oxygen atoms in total. The molecule has 0 unspecified atom stereocenters. The first-order valence-electron chi connectivity index (χ1n) is 5.87. The summed E-state index contributed by atoms with van der Waals surface area (Å²) in [6, 6.07) is 8.26. The quantitative estimate of drug-likeness (QED) is 0.435. The monoisotopic (exact) mass is 238 g/mol. The molecule has 0 N–H and O–H groups in total. The third-order valence-electron chi connectivity index (χ3n) is 3.48. The highest BCUT2D eigenvalue weighted by Gasteiger charge is 2.23. The lowest BCUT2D eigenvalue weighted by Crippen LogP contribution is -2.32. The van der Waals surface area contributed by atoms with E-state index in [0.29, 0.717) is 10.5 Å². The summed E-state index contributed by atoms with van der Waals surface area (Å²) in [5.41, 5.74) is 5.19. The highest BCUT2D eigenvalue weighted by Crippen LogP contribution is 2.32. The van der Waals surface area contributed by atoms with Crippen molar-refractivity contribution in [1.29, 1.82) is 0 Å². The second-order valence-corrected chi connectivity index (χ2v) is 4.44. The Bertz CT molecular complexity index is 763. The Balaban J connectivity index is 2.09. The van der Waals surface area contributed by atoms with Gasteiger partial charge in [0, 0.05) is 5.56 Å². The number of hydrogen-bond acceptors (Lipinski definition) is 3. The van der Waals surface area contributed by atoms with Crippen LogP contribution in [0.15, 0.2) is 36.9 Å². The van der Waals surface area contributed by atoms with E-state index in [1.54, 1.807) is 0 Å². The van der Waals surface area contributed by atoms with Crippen LogP contribution >= 0.6 is 0 Å². The van der Waals surface area contributed by atoms with E-state index in [2.05, 4.69) is 22.1 Å². The van der Waals surface area contributed by atoms with Gasteiger partial charge in [0.25, 0.3) is 5.65 Å². The van der Waals surface area contributed by atoms with Crippen LogP contribution in [0.4, 0.5) is 0 Å². The average Bonchev–Trinajstić information content (AvgIpc) is 2.80. The first kappa shape index (κ1) is 9.58. The molecule has 0 fully saturated rings. The summed E-state index contributed by atoms with van der Waals surface area (Å²) >= 11 is 0. The average molecular weight is 238 g/mol. The van der Waals surface area contributed by atoms with Crippen LogP contribution in [0, 0.1) is 5.21 Å². The van der Waals surface area contributed by atoms with Gasteiger partial charge >= 0.3 is 6.33 Å². The summed E-state index contributed by atoms with van der Waals surface area (Å²) in [5, 5.41) is 11.5. The summed E-state index contributed by atoms with van der Waals surface area (Å²) in [6.45, 7) is 0. The van der Waals surface area contributed by atoms with Crippen molar-refractivity contribution >= 4 is 5.65 Å². The number of rotatable bonds is 0. The van der Waals surface area contributed by atoms with Crippen LogP contribution in [0.25, 0.3) is 16.9 Å². The van der Waals surface area contributed by atoms with Crippen LogP contribution in [0.5, 0.6) is 0 Å². The fraction of sp³-hybridized carbons (Fsp3) is 0.154. The van der Waals surface area contributed by atoms with Gasteiger partial charge in [0.15, 0.2) is 0 Å². The molecule has 4 rings (SSSR count). The van der Waals surface area contributed by atoms with Gasteiger partial charge in [-0.05, 0) is 23.4 Å². The van der Waals surface area contributed by atoms with Crippen molar-refractivity contribution in [3.63, 3.8) is 0 Å². The van der Waals surface area contributed by atoms with Gasteiger partial charge in [0.2, 0.25) is 0 Å². The molecule has 3 aromatic rings. The van der Waals surface area contributed by atoms with Gasteiger partial charge in [-0.2, -0.15) is 0 Å². The van der Waals surface area contributed by atoms with Crippen molar-refractivity contribution in [3.05, 3.63) is 53.3 Å². The fourth-order valence-corrected chi connectivity index (χ4v) is 2.62. The fourth-order valence-electron chi connectivity index (χ4n) is 2.62. The van der Waals surface area contributed by atoms with Crippen molar-refractivity contribution in [1.82, 2.24) is 14.5 Å². The van der Waals surface area contributed by atoms with Gasteiger partial charge in [0.1, 0.15) is 6.33 Å². The Morgan fingerprint density at radius 3 is 3.00 bits per heavy atom. The molecule has 0 saturated heterocycles. The second kappa shape index (κ2) is 3.29. The van der Waals surface area contributed by atoms with E-state index in [-0.39, 0.29) is 0 Å². The molecule has 2 aromatic heterocycles.